The van der Waals surface area contributed by atoms with Crippen molar-refractivity contribution in [1.29, 1.82) is 0 Å². The zero-order valence-electron chi connectivity index (χ0n) is 19.9. The van der Waals surface area contributed by atoms with Gasteiger partial charge in [-0.2, -0.15) is 0 Å². The molecule has 0 saturated heterocycles. The van der Waals surface area contributed by atoms with Gasteiger partial charge in [0.25, 0.3) is 0 Å². The van der Waals surface area contributed by atoms with Crippen molar-refractivity contribution in [2.45, 2.75) is 13.8 Å². The molecule has 0 aliphatic carbocycles. The van der Waals surface area contributed by atoms with Crippen LogP contribution in [0.4, 0.5) is 0 Å². The van der Waals surface area contributed by atoms with E-state index in [2.05, 4.69) is 0 Å². The SMILES string of the molecule is COc1ccc2c(c1)c(C(=O)Oc1c(C)cc(C(=O)O)cc1C)c1cc(O[PH](O)(O)O)ccc1[n+]2C. The van der Waals surface area contributed by atoms with Crippen molar-refractivity contribution in [2.24, 2.45) is 7.05 Å². The minimum atomic E-state index is -4.89. The van der Waals surface area contributed by atoms with Gasteiger partial charge in [0.2, 0.25) is 0 Å². The molecule has 1 heterocycles. The molecule has 4 N–H and O–H groups in total. The van der Waals surface area contributed by atoms with Crippen LogP contribution in [-0.2, 0) is 7.05 Å². The van der Waals surface area contributed by atoms with Crippen molar-refractivity contribution >= 4 is 41.9 Å². The number of nitrogens with zero attached hydrogens (tertiary/aromatic N) is 1. The van der Waals surface area contributed by atoms with Gasteiger partial charge in [0.1, 0.15) is 0 Å². The van der Waals surface area contributed by atoms with Gasteiger partial charge in [-0.05, 0) is 0 Å². The van der Waals surface area contributed by atoms with Gasteiger partial charge in [0.05, 0.1) is 0 Å². The predicted octanol–water partition coefficient (Wildman–Crippen LogP) is 3.13. The molecule has 4 aromatic rings. The van der Waals surface area contributed by atoms with Crippen LogP contribution in [0.5, 0.6) is 17.2 Å². The Morgan fingerprint density at radius 3 is 1.89 bits per heavy atom. The predicted molar refractivity (Wildman–Crippen MR) is 133 cm³/mol. The number of aryl methyl sites for hydroxylation is 3. The Labute approximate surface area is 206 Å². The zero-order chi connectivity index (χ0) is 26.4. The van der Waals surface area contributed by atoms with E-state index >= 15 is 0 Å². The summed E-state index contributed by atoms with van der Waals surface area (Å²) in [5.41, 5.74) is 2.44. The van der Waals surface area contributed by atoms with E-state index in [4.69, 9.17) is 14.0 Å². The van der Waals surface area contributed by atoms with Crippen molar-refractivity contribution in [3.63, 3.8) is 0 Å². The molecule has 4 rings (SSSR count). The van der Waals surface area contributed by atoms with Crippen LogP contribution >= 0.6 is 8.17 Å². The Balaban J connectivity index is 1.97. The number of hydrogen-bond donors (Lipinski definition) is 4. The van der Waals surface area contributed by atoms with Gasteiger partial charge < -0.3 is 5.11 Å². The number of carboxylic acids is 1. The molecular weight excluding hydrogens is 489 g/mol. The second kappa shape index (κ2) is 9.33. The van der Waals surface area contributed by atoms with Crippen molar-refractivity contribution in [3.05, 3.63) is 70.8 Å². The number of esters is 1. The quantitative estimate of drug-likeness (QED) is 0.100. The molecular formula is C25H25NO9P+. The standard InChI is InChI=1S/C25H24NO9P/c1-13-9-15(24(27)28)10-14(2)23(13)34-25(29)22-18-11-16(33-4)5-7-20(18)26(3)21-8-6-17(12-19(21)22)35-36(30,31)32/h5-12,30-32,36H,1-4H3/p+1. The fraction of sp³-hybridized carbons (Fsp3) is 0.160. The summed E-state index contributed by atoms with van der Waals surface area (Å²) in [6.07, 6.45) is 0. The molecule has 0 unspecified atom stereocenters. The number of carbonyl (C=O) groups is 2. The first-order chi connectivity index (χ1) is 16.9. The van der Waals surface area contributed by atoms with Crippen LogP contribution < -0.4 is 18.6 Å². The third-order valence-corrected chi connectivity index (χ3v) is 6.30. The van der Waals surface area contributed by atoms with Crippen molar-refractivity contribution in [2.75, 3.05) is 7.11 Å². The second-order valence-electron chi connectivity index (χ2n) is 8.31. The van der Waals surface area contributed by atoms with E-state index in [1.54, 1.807) is 45.2 Å². The molecule has 0 aliphatic heterocycles. The van der Waals surface area contributed by atoms with Crippen LogP contribution in [-0.4, -0.2) is 38.8 Å². The van der Waals surface area contributed by atoms with Crippen molar-refractivity contribution in [3.8, 4) is 17.2 Å². The topological polar surface area (TPSA) is 147 Å². The summed E-state index contributed by atoms with van der Waals surface area (Å²) in [6, 6.07) is 12.5. The number of fused-ring (bicyclic) bond motifs is 2. The summed E-state index contributed by atoms with van der Waals surface area (Å²) in [5.74, 6) is -1.17. The molecule has 0 amide bonds. The van der Waals surface area contributed by atoms with Crippen LogP contribution in [0.2, 0.25) is 0 Å². The van der Waals surface area contributed by atoms with Gasteiger partial charge >= 0.3 is 196 Å². The number of pyridine rings is 1. The number of aromatic nitrogens is 1. The molecule has 1 aromatic heterocycles. The molecule has 0 atom stereocenters. The van der Waals surface area contributed by atoms with Crippen LogP contribution in [0.15, 0.2) is 48.5 Å². The first-order valence-corrected chi connectivity index (χ1v) is 12.5. The van der Waals surface area contributed by atoms with E-state index < -0.39 is 20.1 Å². The van der Waals surface area contributed by atoms with Gasteiger partial charge in [0.15, 0.2) is 0 Å². The second-order valence-corrected chi connectivity index (χ2v) is 9.66. The molecule has 0 fully saturated rings. The van der Waals surface area contributed by atoms with E-state index in [1.165, 1.54) is 31.4 Å². The number of carboxylic acid groups (broad SMARTS) is 1. The third kappa shape index (κ3) is 4.80. The molecule has 188 valence electrons. The molecule has 0 radical (unpaired) electrons. The van der Waals surface area contributed by atoms with Crippen molar-refractivity contribution < 1.29 is 47.9 Å². The Kier molecular flexibility index (Phi) is 6.55. The van der Waals surface area contributed by atoms with Crippen molar-refractivity contribution in [1.82, 2.24) is 0 Å². The Morgan fingerprint density at radius 2 is 1.39 bits per heavy atom. The third-order valence-electron chi connectivity index (χ3n) is 5.79. The molecule has 36 heavy (non-hydrogen) atoms. The summed E-state index contributed by atoms with van der Waals surface area (Å²) >= 11 is 0. The van der Waals surface area contributed by atoms with E-state index in [0.717, 1.165) is 0 Å². The summed E-state index contributed by atoms with van der Waals surface area (Å²) in [4.78, 5) is 53.3. The molecule has 11 heteroatoms. The number of hydrogen-bond acceptors (Lipinski definition) is 8. The van der Waals surface area contributed by atoms with E-state index in [1.807, 2.05) is 4.57 Å². The number of carbonyl (C=O) groups excluding carboxylic acids is 1. The zero-order valence-corrected chi connectivity index (χ0v) is 20.9. The van der Waals surface area contributed by atoms with Crippen LogP contribution in [0.3, 0.4) is 0 Å². The van der Waals surface area contributed by atoms with Gasteiger partial charge in [0, 0.05) is 0 Å². The minimum absolute atomic E-state index is 0.0591. The summed E-state index contributed by atoms with van der Waals surface area (Å²) in [5, 5.41) is 10.2. The maximum absolute atomic E-state index is 13.7. The monoisotopic (exact) mass is 514 g/mol. The molecule has 0 aliphatic rings. The molecule has 0 spiro atoms. The summed E-state index contributed by atoms with van der Waals surface area (Å²) in [6.45, 7) is 3.29. The van der Waals surface area contributed by atoms with E-state index in [0.29, 0.717) is 38.7 Å². The molecule has 10 nitrogen and oxygen atoms in total. The Hall–Kier alpha value is -3.82. The van der Waals surface area contributed by atoms with Crippen LogP contribution in [0.25, 0.3) is 21.8 Å². The first kappa shape index (κ1) is 25.3. The number of methoxy groups -OCH3 is 1. The average Bonchev–Trinajstić information content (AvgIpc) is 2.79. The fourth-order valence-corrected chi connectivity index (χ4v) is 4.68. The summed E-state index contributed by atoms with van der Waals surface area (Å²) in [7, 11) is -1.60. The van der Waals surface area contributed by atoms with Gasteiger partial charge in [-0.25, -0.2) is 4.79 Å². The van der Waals surface area contributed by atoms with Gasteiger partial charge in [-0.15, -0.1) is 0 Å². The molecule has 0 bridgehead atoms. The Morgan fingerprint density at radius 1 is 0.861 bits per heavy atom. The van der Waals surface area contributed by atoms with E-state index in [9.17, 15) is 29.4 Å². The first-order valence-electron chi connectivity index (χ1n) is 10.8. The number of ether oxygens (including phenoxy) is 2. The normalized spacial score (nSPS) is 12.0. The number of aromatic carboxylic acids is 1. The van der Waals surface area contributed by atoms with Crippen LogP contribution in [0.1, 0.15) is 31.8 Å². The fourth-order valence-electron chi connectivity index (χ4n) is 4.24. The van der Waals surface area contributed by atoms with Gasteiger partial charge in [-0.1, -0.05) is 0 Å². The summed E-state index contributed by atoms with van der Waals surface area (Å²) < 4.78 is 17.9. The van der Waals surface area contributed by atoms with Crippen LogP contribution in [0, 0.1) is 13.8 Å². The maximum atomic E-state index is 13.7. The number of benzene rings is 3. The van der Waals surface area contributed by atoms with E-state index in [-0.39, 0.29) is 22.6 Å². The molecule has 3 aromatic carbocycles. The van der Waals surface area contributed by atoms with Gasteiger partial charge in [-0.3, -0.25) is 0 Å². The average molecular weight is 514 g/mol. The Bertz CT molecular complexity index is 1520. The molecule has 0 saturated carbocycles. The number of rotatable bonds is 6.